The number of ether oxygens (including phenoxy) is 4. The van der Waals surface area contributed by atoms with E-state index in [1.807, 2.05) is 0 Å². The summed E-state index contributed by atoms with van der Waals surface area (Å²) in [6.45, 7) is 16.2. The largest absolute Gasteiger partial charge is 0.465 e. The maximum Gasteiger partial charge on any atom is 0.305 e. The van der Waals surface area contributed by atoms with Gasteiger partial charge in [-0.15, -0.1) is 0 Å². The molecule has 7 heteroatoms. The van der Waals surface area contributed by atoms with Crippen LogP contribution in [0.4, 0.5) is 0 Å². The molecule has 1 aliphatic heterocycles. The first-order valence-corrected chi connectivity index (χ1v) is 22.3. The zero-order valence-corrected chi connectivity index (χ0v) is 34.8. The van der Waals surface area contributed by atoms with Gasteiger partial charge in [-0.05, 0) is 39.3 Å². The molecule has 0 aliphatic carbocycles. The van der Waals surface area contributed by atoms with Crippen LogP contribution >= 0.6 is 0 Å². The third-order valence-electron chi connectivity index (χ3n) is 10.6. The Morgan fingerprint density at radius 3 is 1.20 bits per heavy atom. The van der Waals surface area contributed by atoms with Gasteiger partial charge < -0.3 is 28.7 Å². The normalized spacial score (nSPS) is 14.4. The minimum absolute atomic E-state index is 0.109. The molecule has 0 amide bonds. The Morgan fingerprint density at radius 2 is 0.824 bits per heavy atom. The minimum atomic E-state index is -0.479. The second-order valence-electron chi connectivity index (χ2n) is 16.0. The maximum atomic E-state index is 13.0. The van der Waals surface area contributed by atoms with E-state index in [0.717, 1.165) is 78.2 Å². The van der Waals surface area contributed by atoms with E-state index in [1.165, 1.54) is 135 Å². The fraction of sp³-hybridized carbons (Fsp3) is 0.977. The molecular formula is C44H88N2O5. The Morgan fingerprint density at radius 1 is 0.471 bits per heavy atom. The van der Waals surface area contributed by atoms with E-state index in [0.29, 0.717) is 32.8 Å². The number of unbranched alkanes of at least 4 members (excludes halogenated alkanes) is 21. The highest BCUT2D eigenvalue weighted by Crippen LogP contribution is 2.23. The summed E-state index contributed by atoms with van der Waals surface area (Å²) in [6.07, 6.45) is 32.1. The molecule has 0 spiro atoms. The third kappa shape index (κ3) is 30.3. The Hall–Kier alpha value is -0.730. The molecule has 51 heavy (non-hydrogen) atoms. The van der Waals surface area contributed by atoms with Crippen molar-refractivity contribution in [2.24, 2.45) is 5.41 Å². The summed E-state index contributed by atoms with van der Waals surface area (Å²) in [7, 11) is 2.18. The predicted molar refractivity (Wildman–Crippen MR) is 217 cm³/mol. The van der Waals surface area contributed by atoms with Crippen LogP contribution in [0.5, 0.6) is 0 Å². The maximum absolute atomic E-state index is 13.0. The summed E-state index contributed by atoms with van der Waals surface area (Å²) in [5.74, 6) is -0.109. The second-order valence-corrected chi connectivity index (χ2v) is 16.0. The van der Waals surface area contributed by atoms with Crippen molar-refractivity contribution in [1.29, 1.82) is 0 Å². The molecule has 0 saturated carbocycles. The Kier molecular flexibility index (Phi) is 34.3. The van der Waals surface area contributed by atoms with Gasteiger partial charge in [-0.25, -0.2) is 0 Å². The topological polar surface area (TPSA) is 60.5 Å². The van der Waals surface area contributed by atoms with Crippen LogP contribution in [0.2, 0.25) is 0 Å². The summed E-state index contributed by atoms with van der Waals surface area (Å²) in [5, 5.41) is 0. The first-order valence-electron chi connectivity index (χ1n) is 22.3. The lowest BCUT2D eigenvalue weighted by molar-refractivity contribution is -0.156. The van der Waals surface area contributed by atoms with Gasteiger partial charge >= 0.3 is 5.97 Å². The van der Waals surface area contributed by atoms with E-state index in [1.54, 1.807) is 0 Å². The number of likely N-dealkylation sites (N-methyl/N-ethyl adjacent to an activating group) is 1. The lowest BCUT2D eigenvalue weighted by Crippen LogP contribution is -2.44. The van der Waals surface area contributed by atoms with Crippen LogP contribution in [0.15, 0.2) is 0 Å². The number of nitrogens with zero attached hydrogens (tertiary/aromatic N) is 2. The van der Waals surface area contributed by atoms with E-state index < -0.39 is 5.41 Å². The second kappa shape index (κ2) is 36.3. The number of carbonyl (C=O) groups is 1. The molecule has 1 aliphatic rings. The molecule has 0 bridgehead atoms. The van der Waals surface area contributed by atoms with Crippen molar-refractivity contribution in [3.05, 3.63) is 0 Å². The Bertz CT molecular complexity index is 670. The number of carbonyl (C=O) groups excluding carboxylic acids is 1. The molecule has 0 aromatic carbocycles. The number of piperazine rings is 1. The Labute approximate surface area is 318 Å². The van der Waals surface area contributed by atoms with Crippen LogP contribution in [0.3, 0.4) is 0 Å². The lowest BCUT2D eigenvalue weighted by Gasteiger charge is -2.33. The van der Waals surface area contributed by atoms with Crippen LogP contribution in [-0.4, -0.2) is 102 Å². The van der Waals surface area contributed by atoms with Gasteiger partial charge in [0.1, 0.15) is 6.61 Å². The quantitative estimate of drug-likeness (QED) is 0.0462. The van der Waals surface area contributed by atoms with Gasteiger partial charge in [-0.3, -0.25) is 4.79 Å². The van der Waals surface area contributed by atoms with E-state index in [9.17, 15) is 4.79 Å². The lowest BCUT2D eigenvalue weighted by atomic mass is 9.92. The molecule has 0 radical (unpaired) electrons. The highest BCUT2D eigenvalue weighted by atomic mass is 16.5. The molecule has 0 unspecified atom stereocenters. The molecule has 0 aromatic rings. The first-order chi connectivity index (χ1) is 25.0. The molecule has 304 valence electrons. The molecule has 1 saturated heterocycles. The van der Waals surface area contributed by atoms with Gasteiger partial charge in [0.05, 0.1) is 25.2 Å². The molecule has 0 N–H and O–H groups in total. The van der Waals surface area contributed by atoms with E-state index in [2.05, 4.69) is 37.6 Å². The predicted octanol–water partition coefficient (Wildman–Crippen LogP) is 11.0. The van der Waals surface area contributed by atoms with E-state index >= 15 is 0 Å². The van der Waals surface area contributed by atoms with Crippen LogP contribution in [0.25, 0.3) is 0 Å². The fourth-order valence-corrected chi connectivity index (χ4v) is 6.95. The summed E-state index contributed by atoms with van der Waals surface area (Å²) in [4.78, 5) is 17.9. The van der Waals surface area contributed by atoms with E-state index in [4.69, 9.17) is 18.9 Å². The van der Waals surface area contributed by atoms with Gasteiger partial charge in [0, 0.05) is 52.4 Å². The minimum Gasteiger partial charge on any atom is -0.465 e. The van der Waals surface area contributed by atoms with Crippen molar-refractivity contribution < 1.29 is 23.7 Å². The molecular weight excluding hydrogens is 636 g/mol. The highest BCUT2D eigenvalue weighted by molar-refractivity contribution is 5.69. The third-order valence-corrected chi connectivity index (χ3v) is 10.6. The van der Waals surface area contributed by atoms with Crippen molar-refractivity contribution in [3.63, 3.8) is 0 Å². The van der Waals surface area contributed by atoms with Gasteiger partial charge in [-0.2, -0.15) is 0 Å². The monoisotopic (exact) mass is 725 g/mol. The molecule has 1 heterocycles. The summed E-state index contributed by atoms with van der Waals surface area (Å²) in [5.41, 5.74) is -0.479. The van der Waals surface area contributed by atoms with Crippen molar-refractivity contribution in [1.82, 2.24) is 9.80 Å². The standard InChI is InChI=1S/C44H88N2O5/c1-5-8-11-14-17-20-23-26-36-48-39-44(40-49-37-27-24-21-18-15-12-9-6-2,41-50-38-28-25-22-19-16-13-10-7-3)42-51-43(47)30-29-31-46-34-32-45(4)33-35-46/h5-42H2,1-4H3. The average molecular weight is 725 g/mol. The van der Waals surface area contributed by atoms with Crippen LogP contribution in [0, 0.1) is 5.41 Å². The van der Waals surface area contributed by atoms with E-state index in [-0.39, 0.29) is 5.97 Å². The van der Waals surface area contributed by atoms with Crippen LogP contribution in [-0.2, 0) is 23.7 Å². The van der Waals surface area contributed by atoms with Crippen LogP contribution < -0.4 is 0 Å². The number of hydrogen-bond donors (Lipinski definition) is 0. The molecule has 0 atom stereocenters. The summed E-state index contributed by atoms with van der Waals surface area (Å²) >= 11 is 0. The summed E-state index contributed by atoms with van der Waals surface area (Å²) < 4.78 is 25.1. The number of hydrogen-bond acceptors (Lipinski definition) is 7. The SMILES string of the molecule is CCCCCCCCCCOCC(COCCCCCCCCCC)(COCCCCCCCCCC)COC(=O)CCCN1CCN(C)CC1. The van der Waals surface area contributed by atoms with Crippen molar-refractivity contribution >= 4 is 5.97 Å². The van der Waals surface area contributed by atoms with Crippen molar-refractivity contribution in [3.8, 4) is 0 Å². The van der Waals surface area contributed by atoms with Gasteiger partial charge in [0.25, 0.3) is 0 Å². The molecule has 7 nitrogen and oxygen atoms in total. The van der Waals surface area contributed by atoms with Crippen molar-refractivity contribution in [2.45, 2.75) is 188 Å². The Balaban J connectivity index is 2.66. The number of rotatable bonds is 39. The zero-order valence-electron chi connectivity index (χ0n) is 34.8. The smallest absolute Gasteiger partial charge is 0.305 e. The van der Waals surface area contributed by atoms with Crippen LogP contribution in [0.1, 0.15) is 188 Å². The molecule has 1 fully saturated rings. The molecule has 1 rings (SSSR count). The van der Waals surface area contributed by atoms with Crippen molar-refractivity contribution in [2.75, 3.05) is 86.0 Å². The first kappa shape index (κ1) is 48.3. The number of esters is 1. The summed E-state index contributed by atoms with van der Waals surface area (Å²) in [6, 6.07) is 0. The van der Waals surface area contributed by atoms with Gasteiger partial charge in [0.15, 0.2) is 0 Å². The van der Waals surface area contributed by atoms with Gasteiger partial charge in [-0.1, -0.05) is 156 Å². The van der Waals surface area contributed by atoms with Gasteiger partial charge in [0.2, 0.25) is 0 Å². The molecule has 0 aromatic heterocycles. The zero-order chi connectivity index (χ0) is 36.9. The average Bonchev–Trinajstić information content (AvgIpc) is 3.13. The highest BCUT2D eigenvalue weighted by Gasteiger charge is 2.34. The fourth-order valence-electron chi connectivity index (χ4n) is 6.95.